The molecule has 0 bridgehead atoms. The summed E-state index contributed by atoms with van der Waals surface area (Å²) in [5.41, 5.74) is 1.95. The van der Waals surface area contributed by atoms with Gasteiger partial charge < -0.3 is 4.74 Å². The summed E-state index contributed by atoms with van der Waals surface area (Å²) in [7, 11) is 1.68. The van der Waals surface area contributed by atoms with E-state index in [9.17, 15) is 4.79 Å². The Labute approximate surface area is 163 Å². The number of methoxy groups -OCH3 is 1. The molecule has 0 aromatic heterocycles. The summed E-state index contributed by atoms with van der Waals surface area (Å²) in [5, 5.41) is 0.451. The van der Waals surface area contributed by atoms with Crippen molar-refractivity contribution in [2.24, 2.45) is 34.0 Å². The summed E-state index contributed by atoms with van der Waals surface area (Å²) in [5.74, 6) is 4.05. The van der Waals surface area contributed by atoms with Gasteiger partial charge in [-0.05, 0) is 71.5 Å². The molecule has 0 aromatic carbocycles. The van der Waals surface area contributed by atoms with Gasteiger partial charge in [-0.3, -0.25) is 4.79 Å². The highest BCUT2D eigenvalue weighted by molar-refractivity contribution is 8.00. The van der Waals surface area contributed by atoms with Crippen LogP contribution in [0.15, 0.2) is 23.5 Å². The average molecular weight is 375 g/mol. The monoisotopic (exact) mass is 374 g/mol. The maximum absolute atomic E-state index is 11.6. The zero-order valence-corrected chi connectivity index (χ0v) is 17.8. The van der Waals surface area contributed by atoms with Crippen LogP contribution in [-0.4, -0.2) is 24.4 Å². The smallest absolute Gasteiger partial charge is 0.153 e. The number of hydrogen-bond acceptors (Lipinski definition) is 3. The average Bonchev–Trinajstić information content (AvgIpc) is 2.59. The lowest BCUT2D eigenvalue weighted by Crippen LogP contribution is -2.60. The lowest BCUT2D eigenvalue weighted by atomic mass is 9.41. The third-order valence-corrected chi connectivity index (χ3v) is 10.1. The van der Waals surface area contributed by atoms with Crippen LogP contribution >= 0.6 is 11.8 Å². The van der Waals surface area contributed by atoms with Gasteiger partial charge in [-0.2, -0.15) is 11.8 Å². The number of carbonyl (C=O) groups is 1. The zero-order valence-electron chi connectivity index (χ0n) is 17.0. The molecule has 3 fully saturated rings. The minimum absolute atomic E-state index is 0.290. The van der Waals surface area contributed by atoms with Gasteiger partial charge in [-0.1, -0.05) is 40.2 Å². The van der Waals surface area contributed by atoms with Crippen molar-refractivity contribution in [3.63, 3.8) is 0 Å². The Hall–Kier alpha value is -0.700. The largest absolute Gasteiger partial charge is 0.496 e. The molecule has 2 nitrogen and oxygen atoms in total. The van der Waals surface area contributed by atoms with Crippen LogP contribution in [0.25, 0.3) is 0 Å². The van der Waals surface area contributed by atoms with Gasteiger partial charge in [-0.15, -0.1) is 0 Å². The van der Waals surface area contributed by atoms with Gasteiger partial charge in [-0.25, -0.2) is 0 Å². The van der Waals surface area contributed by atoms with Crippen molar-refractivity contribution >= 4 is 18.0 Å². The number of hydrogen-bond donors (Lipinski definition) is 0. The fourth-order valence-corrected chi connectivity index (χ4v) is 9.39. The first-order valence-corrected chi connectivity index (χ1v) is 11.4. The van der Waals surface area contributed by atoms with Crippen LogP contribution in [0.5, 0.6) is 0 Å². The number of aldehydes is 1. The first-order chi connectivity index (χ1) is 12.3. The highest BCUT2D eigenvalue weighted by Crippen LogP contribution is 2.69. The van der Waals surface area contributed by atoms with E-state index in [4.69, 9.17) is 4.74 Å². The van der Waals surface area contributed by atoms with Crippen LogP contribution in [0, 0.1) is 34.0 Å². The summed E-state index contributed by atoms with van der Waals surface area (Å²) in [4.78, 5) is 11.6. The Bertz CT molecular complexity index is 663. The Kier molecular flexibility index (Phi) is 4.42. The fraction of sp³-hybridized carbons (Fsp3) is 0.783. The van der Waals surface area contributed by atoms with E-state index < -0.39 is 0 Å². The quantitative estimate of drug-likeness (QED) is 0.585. The van der Waals surface area contributed by atoms with Crippen LogP contribution in [0.4, 0.5) is 0 Å². The number of ether oxygens (including phenoxy) is 1. The van der Waals surface area contributed by atoms with Gasteiger partial charge in [0.1, 0.15) is 5.76 Å². The van der Waals surface area contributed by atoms with Crippen LogP contribution < -0.4 is 0 Å². The zero-order chi connectivity index (χ0) is 18.7. The predicted molar refractivity (Wildman–Crippen MR) is 109 cm³/mol. The van der Waals surface area contributed by atoms with E-state index in [-0.39, 0.29) is 0 Å². The van der Waals surface area contributed by atoms with Gasteiger partial charge in [0, 0.05) is 5.25 Å². The lowest BCUT2D eigenvalue weighted by molar-refractivity contribution is -0.134. The molecule has 2 saturated carbocycles. The van der Waals surface area contributed by atoms with Crippen LogP contribution in [0.1, 0.15) is 59.8 Å². The number of carbonyl (C=O) groups excluding carboxylic acids is 1. The summed E-state index contributed by atoms with van der Waals surface area (Å²) in [6.07, 6.45) is 12.2. The van der Waals surface area contributed by atoms with E-state index in [0.717, 1.165) is 29.5 Å². The molecule has 0 amide bonds. The first kappa shape index (κ1) is 18.7. The van der Waals surface area contributed by atoms with E-state index in [1.165, 1.54) is 37.9 Å². The molecular weight excluding hydrogens is 340 g/mol. The molecule has 6 atom stereocenters. The van der Waals surface area contributed by atoms with Crippen molar-refractivity contribution in [2.75, 3.05) is 12.9 Å². The van der Waals surface area contributed by atoms with Gasteiger partial charge in [0.25, 0.3) is 0 Å². The predicted octanol–water partition coefficient (Wildman–Crippen LogP) is 5.64. The van der Waals surface area contributed by atoms with Gasteiger partial charge >= 0.3 is 0 Å². The lowest BCUT2D eigenvalue weighted by Gasteiger charge is -2.66. The second-order valence-electron chi connectivity index (χ2n) is 10.3. The Morgan fingerprint density at radius 3 is 2.54 bits per heavy atom. The molecule has 2 unspecified atom stereocenters. The Balaban J connectivity index is 1.73. The number of allylic oxidation sites excluding steroid dienone is 2. The minimum Gasteiger partial charge on any atom is -0.496 e. The number of thioether (sulfide) groups is 1. The highest BCUT2D eigenvalue weighted by Gasteiger charge is 2.62. The van der Waals surface area contributed by atoms with Crippen LogP contribution in [0.2, 0.25) is 0 Å². The van der Waals surface area contributed by atoms with E-state index in [1.54, 1.807) is 7.11 Å². The molecule has 4 rings (SSSR count). The van der Waals surface area contributed by atoms with Crippen LogP contribution in [-0.2, 0) is 9.53 Å². The summed E-state index contributed by atoms with van der Waals surface area (Å²) in [6, 6.07) is 0. The maximum atomic E-state index is 11.6. The summed E-state index contributed by atoms with van der Waals surface area (Å²) < 4.78 is 5.49. The SMILES string of the molecule is COC1=CC2SC[C@@H]3[C@@]4(C)CCCC(C)(C)[C@@H]4CC[C@@]3(C)C2C=C1C=O. The molecule has 1 saturated heterocycles. The second kappa shape index (κ2) is 6.15. The van der Waals surface area contributed by atoms with Crippen molar-refractivity contribution in [3.8, 4) is 0 Å². The van der Waals surface area contributed by atoms with Gasteiger partial charge in [0.15, 0.2) is 6.29 Å². The molecule has 0 radical (unpaired) electrons. The van der Waals surface area contributed by atoms with Crippen LogP contribution in [0.3, 0.4) is 0 Å². The highest BCUT2D eigenvalue weighted by atomic mass is 32.2. The van der Waals surface area contributed by atoms with E-state index in [2.05, 4.69) is 51.6 Å². The van der Waals surface area contributed by atoms with Crippen molar-refractivity contribution in [2.45, 2.75) is 65.0 Å². The van der Waals surface area contributed by atoms with E-state index >= 15 is 0 Å². The number of fused-ring (bicyclic) bond motifs is 5. The standard InChI is InChI=1S/C23H34O2S/c1-21(2)8-6-9-23(4)19(21)7-10-22(3)16-11-15(13-24)17(25-5)12-18(16)26-14-20(22)23/h11-13,16,18-20H,6-10,14H2,1-5H3/t16?,18?,19-,20-,22-,23-/m0/s1. The maximum Gasteiger partial charge on any atom is 0.153 e. The fourth-order valence-electron chi connectivity index (χ4n) is 7.39. The molecule has 1 heterocycles. The molecule has 3 heteroatoms. The minimum atomic E-state index is 0.290. The van der Waals surface area contributed by atoms with Crippen molar-refractivity contribution in [3.05, 3.63) is 23.5 Å². The molecule has 3 aliphatic carbocycles. The topological polar surface area (TPSA) is 26.3 Å². The normalized spacial score (nSPS) is 46.8. The molecular formula is C23H34O2S. The molecule has 0 aromatic rings. The molecule has 1 aliphatic heterocycles. The molecule has 26 heavy (non-hydrogen) atoms. The van der Waals surface area contributed by atoms with E-state index in [1.807, 2.05) is 0 Å². The third-order valence-electron chi connectivity index (χ3n) is 8.72. The molecule has 144 valence electrons. The molecule has 0 spiro atoms. The summed E-state index contributed by atoms with van der Waals surface area (Å²) >= 11 is 2.10. The molecule has 0 N–H and O–H groups in total. The summed E-state index contributed by atoms with van der Waals surface area (Å²) in [6.45, 7) is 10.2. The Morgan fingerprint density at radius 2 is 1.85 bits per heavy atom. The van der Waals surface area contributed by atoms with Crippen molar-refractivity contribution in [1.29, 1.82) is 0 Å². The third kappa shape index (κ3) is 2.48. The molecule has 4 aliphatic rings. The number of rotatable bonds is 2. The second-order valence-corrected chi connectivity index (χ2v) is 11.5. The van der Waals surface area contributed by atoms with E-state index in [0.29, 0.717) is 27.4 Å². The first-order valence-electron chi connectivity index (χ1n) is 10.3. The van der Waals surface area contributed by atoms with Crippen molar-refractivity contribution < 1.29 is 9.53 Å². The van der Waals surface area contributed by atoms with Gasteiger partial charge in [0.2, 0.25) is 0 Å². The van der Waals surface area contributed by atoms with Crippen molar-refractivity contribution in [1.82, 2.24) is 0 Å². The van der Waals surface area contributed by atoms with Gasteiger partial charge in [0.05, 0.1) is 12.7 Å². The Morgan fingerprint density at radius 1 is 1.08 bits per heavy atom.